The number of benzene rings is 1. The highest BCUT2D eigenvalue weighted by atomic mass is 35.5. The number of halogens is 3. The smallest absolute Gasteiger partial charge is 0.244 e. The molecular weight excluding hydrogens is 288 g/mol. The van der Waals surface area contributed by atoms with Crippen LogP contribution in [0.2, 0.25) is 0 Å². The molecule has 1 fully saturated rings. The van der Waals surface area contributed by atoms with E-state index < -0.39 is 6.17 Å². The number of hydrogen-bond acceptors (Lipinski definition) is 4. The van der Waals surface area contributed by atoms with Crippen LogP contribution >= 0.6 is 12.4 Å². The Hall–Kier alpha value is -1.53. The van der Waals surface area contributed by atoms with Gasteiger partial charge in [0.1, 0.15) is 12.0 Å². The zero-order valence-electron chi connectivity index (χ0n) is 10.8. The number of alkyl halides is 1. The first-order chi connectivity index (χ1) is 9.13. The van der Waals surface area contributed by atoms with Crippen molar-refractivity contribution >= 4 is 12.4 Å². The van der Waals surface area contributed by atoms with Crippen LogP contribution in [0.25, 0.3) is 11.4 Å². The van der Waals surface area contributed by atoms with Gasteiger partial charge in [-0.3, -0.25) is 0 Å². The second-order valence-electron chi connectivity index (χ2n) is 4.71. The van der Waals surface area contributed by atoms with Crippen molar-refractivity contribution in [1.82, 2.24) is 15.5 Å². The van der Waals surface area contributed by atoms with E-state index in [2.05, 4.69) is 15.5 Å². The summed E-state index contributed by atoms with van der Waals surface area (Å²) >= 11 is 0. The molecule has 1 aliphatic rings. The van der Waals surface area contributed by atoms with Gasteiger partial charge in [0, 0.05) is 18.5 Å². The molecule has 0 saturated carbocycles. The van der Waals surface area contributed by atoms with Crippen molar-refractivity contribution in [3.63, 3.8) is 0 Å². The van der Waals surface area contributed by atoms with Crippen LogP contribution < -0.4 is 5.32 Å². The molecule has 2 heterocycles. The van der Waals surface area contributed by atoms with E-state index in [1.54, 1.807) is 19.1 Å². The molecule has 1 N–H and O–H groups in total. The molecule has 4 nitrogen and oxygen atoms in total. The fraction of sp³-hybridized carbons (Fsp3) is 0.385. The van der Waals surface area contributed by atoms with E-state index in [4.69, 9.17) is 4.52 Å². The average molecular weight is 302 g/mol. The van der Waals surface area contributed by atoms with Crippen molar-refractivity contribution in [2.45, 2.75) is 25.6 Å². The van der Waals surface area contributed by atoms with Gasteiger partial charge in [-0.25, -0.2) is 8.78 Å². The molecule has 0 amide bonds. The molecule has 0 radical (unpaired) electrons. The molecule has 1 aliphatic heterocycles. The summed E-state index contributed by atoms with van der Waals surface area (Å²) in [7, 11) is 0. The Labute approximate surface area is 121 Å². The van der Waals surface area contributed by atoms with E-state index in [1.165, 1.54) is 6.07 Å². The lowest BCUT2D eigenvalue weighted by Crippen LogP contribution is -2.14. The van der Waals surface area contributed by atoms with Crippen LogP contribution in [0.3, 0.4) is 0 Å². The Kier molecular flexibility index (Phi) is 4.35. The van der Waals surface area contributed by atoms with Gasteiger partial charge in [0.05, 0.1) is 6.04 Å². The maximum absolute atomic E-state index is 13.5. The van der Waals surface area contributed by atoms with Crippen LogP contribution in [0.4, 0.5) is 8.78 Å². The third-order valence-electron chi connectivity index (χ3n) is 3.25. The predicted molar refractivity (Wildman–Crippen MR) is 71.9 cm³/mol. The number of aryl methyl sites for hydroxylation is 1. The van der Waals surface area contributed by atoms with Crippen LogP contribution in [0.5, 0.6) is 0 Å². The lowest BCUT2D eigenvalue weighted by Gasteiger charge is -2.01. The normalized spacial score (nSPS) is 21.8. The van der Waals surface area contributed by atoms with Crippen molar-refractivity contribution in [1.29, 1.82) is 0 Å². The highest BCUT2D eigenvalue weighted by molar-refractivity contribution is 5.85. The second-order valence-corrected chi connectivity index (χ2v) is 4.71. The first-order valence-electron chi connectivity index (χ1n) is 6.11. The number of nitrogens with zero attached hydrogens (tertiary/aromatic N) is 2. The van der Waals surface area contributed by atoms with Crippen molar-refractivity contribution in [3.8, 4) is 11.4 Å². The molecule has 0 unspecified atom stereocenters. The molecule has 20 heavy (non-hydrogen) atoms. The lowest BCUT2D eigenvalue weighted by atomic mass is 10.1. The quantitative estimate of drug-likeness (QED) is 0.926. The highest BCUT2D eigenvalue weighted by Gasteiger charge is 2.29. The van der Waals surface area contributed by atoms with Gasteiger partial charge in [0.15, 0.2) is 0 Å². The average Bonchev–Trinajstić information content (AvgIpc) is 3.01. The second kappa shape index (κ2) is 5.85. The Balaban J connectivity index is 0.00000147. The predicted octanol–water partition coefficient (Wildman–Crippen LogP) is 2.98. The summed E-state index contributed by atoms with van der Waals surface area (Å²) in [6.45, 7) is 1.98. The molecule has 1 aromatic heterocycles. The van der Waals surface area contributed by atoms with Gasteiger partial charge in [-0.1, -0.05) is 17.3 Å². The first-order valence-corrected chi connectivity index (χ1v) is 6.11. The molecule has 3 rings (SSSR count). The fourth-order valence-electron chi connectivity index (χ4n) is 2.11. The maximum atomic E-state index is 13.5. The van der Waals surface area contributed by atoms with Crippen LogP contribution in [0, 0.1) is 12.7 Å². The van der Waals surface area contributed by atoms with E-state index in [1.807, 2.05) is 0 Å². The molecule has 1 saturated heterocycles. The van der Waals surface area contributed by atoms with Gasteiger partial charge in [0.25, 0.3) is 0 Å². The molecule has 0 aliphatic carbocycles. The Bertz CT molecular complexity index is 605. The van der Waals surface area contributed by atoms with Crippen molar-refractivity contribution in [2.75, 3.05) is 6.54 Å². The van der Waals surface area contributed by atoms with Gasteiger partial charge >= 0.3 is 0 Å². The number of rotatable bonds is 2. The Morgan fingerprint density at radius 2 is 2.20 bits per heavy atom. The van der Waals surface area contributed by atoms with Gasteiger partial charge in [-0.05, 0) is 18.6 Å². The highest BCUT2D eigenvalue weighted by Crippen LogP contribution is 2.26. The van der Waals surface area contributed by atoms with Crippen LogP contribution in [0.15, 0.2) is 22.7 Å². The summed E-state index contributed by atoms with van der Waals surface area (Å²) in [5.41, 5.74) is 1.11. The lowest BCUT2D eigenvalue weighted by molar-refractivity contribution is 0.324. The Morgan fingerprint density at radius 1 is 1.40 bits per heavy atom. The minimum atomic E-state index is -0.892. The van der Waals surface area contributed by atoms with E-state index in [9.17, 15) is 8.78 Å². The van der Waals surface area contributed by atoms with Crippen molar-refractivity contribution in [2.24, 2.45) is 0 Å². The topological polar surface area (TPSA) is 51.0 Å². The minimum Gasteiger partial charge on any atom is -0.337 e. The summed E-state index contributed by atoms with van der Waals surface area (Å²) < 4.78 is 31.7. The van der Waals surface area contributed by atoms with Gasteiger partial charge in [-0.2, -0.15) is 4.98 Å². The zero-order valence-corrected chi connectivity index (χ0v) is 11.6. The molecule has 2 aromatic rings. The summed E-state index contributed by atoms with van der Waals surface area (Å²) in [6.07, 6.45) is -0.568. The largest absolute Gasteiger partial charge is 0.337 e. The minimum absolute atomic E-state index is 0. The number of nitrogens with one attached hydrogen (secondary N) is 1. The Morgan fingerprint density at radius 3 is 2.85 bits per heavy atom. The summed E-state index contributed by atoms with van der Waals surface area (Å²) in [4.78, 5) is 4.19. The van der Waals surface area contributed by atoms with Gasteiger partial charge < -0.3 is 9.84 Å². The van der Waals surface area contributed by atoms with Crippen LogP contribution in [-0.4, -0.2) is 22.9 Å². The molecule has 108 valence electrons. The maximum Gasteiger partial charge on any atom is 0.244 e. The SMILES string of the molecule is Cc1ccc(-c2noc([C@H]3C[C@H](F)CN3)n2)cc1F.Cl. The van der Waals surface area contributed by atoms with Gasteiger partial charge in [-0.15, -0.1) is 12.4 Å². The number of hydrogen-bond donors (Lipinski definition) is 1. The first kappa shape index (κ1) is 14.9. The van der Waals surface area contributed by atoms with E-state index in [-0.39, 0.29) is 24.3 Å². The summed E-state index contributed by atoms with van der Waals surface area (Å²) in [6, 6.07) is 4.50. The van der Waals surface area contributed by atoms with Crippen LogP contribution in [0.1, 0.15) is 23.9 Å². The van der Waals surface area contributed by atoms with E-state index in [0.29, 0.717) is 35.8 Å². The molecular formula is C13H14ClF2N3O. The molecule has 0 bridgehead atoms. The summed E-state index contributed by atoms with van der Waals surface area (Å²) in [5, 5.41) is 6.77. The van der Waals surface area contributed by atoms with E-state index >= 15 is 0 Å². The molecule has 0 spiro atoms. The van der Waals surface area contributed by atoms with Crippen molar-refractivity contribution in [3.05, 3.63) is 35.5 Å². The third kappa shape index (κ3) is 2.81. The number of aromatic nitrogens is 2. The monoisotopic (exact) mass is 301 g/mol. The fourth-order valence-corrected chi connectivity index (χ4v) is 2.11. The standard InChI is InChI=1S/C13H13F2N3O.ClH/c1-7-2-3-8(4-10(7)15)12-17-13(19-18-12)11-5-9(14)6-16-11;/h2-4,9,11,16H,5-6H2,1H3;1H/t9-,11+;/m0./s1. The van der Waals surface area contributed by atoms with Crippen molar-refractivity contribution < 1.29 is 13.3 Å². The van der Waals surface area contributed by atoms with Crippen LogP contribution in [-0.2, 0) is 0 Å². The zero-order chi connectivity index (χ0) is 13.4. The van der Waals surface area contributed by atoms with Gasteiger partial charge in [0.2, 0.25) is 11.7 Å². The molecule has 7 heteroatoms. The third-order valence-corrected chi connectivity index (χ3v) is 3.25. The molecule has 1 aromatic carbocycles. The molecule has 2 atom stereocenters. The van der Waals surface area contributed by atoms with E-state index in [0.717, 1.165) is 0 Å². The summed E-state index contributed by atoms with van der Waals surface area (Å²) in [5.74, 6) is 0.348.